The summed E-state index contributed by atoms with van der Waals surface area (Å²) < 4.78 is 24.1. The van der Waals surface area contributed by atoms with Crippen LogP contribution in [0.2, 0.25) is 0 Å². The van der Waals surface area contributed by atoms with Crippen molar-refractivity contribution in [3.63, 3.8) is 0 Å². The lowest BCUT2D eigenvalue weighted by molar-refractivity contribution is 0.0736. The maximum Gasteiger partial charge on any atom is 0.344 e. The summed E-state index contributed by atoms with van der Waals surface area (Å²) in [5.74, 6) is 0.277. The largest absolute Gasteiger partial charge is 0.497 e. The Morgan fingerprint density at radius 2 is 1.57 bits per heavy atom. The second-order valence-corrected chi connectivity index (χ2v) is 7.10. The highest BCUT2D eigenvalue weighted by Gasteiger charge is 2.18. The average Bonchev–Trinajstić information content (AvgIpc) is 2.74. The first-order chi connectivity index (χ1) is 14.4. The van der Waals surface area contributed by atoms with Crippen LogP contribution >= 0.6 is 0 Å². The smallest absolute Gasteiger partial charge is 0.344 e. The van der Waals surface area contributed by atoms with Crippen LogP contribution in [0.4, 0.5) is 4.39 Å². The van der Waals surface area contributed by atoms with E-state index in [1.165, 1.54) is 12.1 Å². The van der Waals surface area contributed by atoms with Crippen molar-refractivity contribution in [2.75, 3.05) is 7.11 Å². The van der Waals surface area contributed by atoms with E-state index in [0.717, 1.165) is 22.1 Å². The maximum absolute atomic E-state index is 13.4. The highest BCUT2D eigenvalue weighted by molar-refractivity contribution is 6.06. The third-order valence-electron chi connectivity index (χ3n) is 4.88. The zero-order chi connectivity index (χ0) is 21.3. The number of hydrogen-bond donors (Lipinski definition) is 0. The number of esters is 1. The molecule has 4 nitrogen and oxygen atoms in total. The third kappa shape index (κ3) is 3.87. The zero-order valence-electron chi connectivity index (χ0n) is 16.9. The minimum atomic E-state index is -0.485. The van der Waals surface area contributed by atoms with E-state index in [-0.39, 0.29) is 5.82 Å². The van der Waals surface area contributed by atoms with E-state index < -0.39 is 5.97 Å². The Morgan fingerprint density at radius 3 is 2.23 bits per heavy atom. The van der Waals surface area contributed by atoms with Crippen LogP contribution < -0.4 is 9.47 Å². The van der Waals surface area contributed by atoms with Crippen molar-refractivity contribution in [2.24, 2.45) is 0 Å². The monoisotopic (exact) mass is 401 g/mol. The van der Waals surface area contributed by atoms with Gasteiger partial charge in [-0.15, -0.1) is 0 Å². The summed E-state index contributed by atoms with van der Waals surface area (Å²) >= 11 is 0. The summed E-state index contributed by atoms with van der Waals surface area (Å²) in [6.07, 6.45) is 0. The molecule has 3 aromatic carbocycles. The molecule has 0 aliphatic heterocycles. The number of benzene rings is 3. The summed E-state index contributed by atoms with van der Waals surface area (Å²) in [6, 6.07) is 18.5. The van der Waals surface area contributed by atoms with Gasteiger partial charge in [0.1, 0.15) is 17.3 Å². The fourth-order valence-electron chi connectivity index (χ4n) is 3.42. The van der Waals surface area contributed by atoms with Crippen LogP contribution in [0.25, 0.3) is 22.2 Å². The molecular weight excluding hydrogens is 381 g/mol. The molecule has 0 aliphatic carbocycles. The van der Waals surface area contributed by atoms with Crippen LogP contribution in [0.5, 0.6) is 11.5 Å². The number of halogens is 1. The van der Waals surface area contributed by atoms with Crippen molar-refractivity contribution in [3.8, 4) is 22.8 Å². The predicted octanol–water partition coefficient (Wildman–Crippen LogP) is 5.89. The Labute approximate surface area is 173 Å². The number of carbonyl (C=O) groups excluding carboxylic acids is 1. The molecule has 0 saturated heterocycles. The van der Waals surface area contributed by atoms with E-state index in [4.69, 9.17) is 14.5 Å². The van der Waals surface area contributed by atoms with Gasteiger partial charge in [-0.1, -0.05) is 11.6 Å². The number of methoxy groups -OCH3 is 1. The first-order valence-corrected chi connectivity index (χ1v) is 9.49. The van der Waals surface area contributed by atoms with E-state index >= 15 is 0 Å². The number of fused-ring (bicyclic) bond motifs is 1. The van der Waals surface area contributed by atoms with Crippen molar-refractivity contribution < 1.29 is 18.7 Å². The third-order valence-corrected chi connectivity index (χ3v) is 4.88. The number of carbonyl (C=O) groups is 1. The molecule has 0 fully saturated rings. The van der Waals surface area contributed by atoms with Gasteiger partial charge in [0.05, 0.1) is 23.9 Å². The van der Waals surface area contributed by atoms with E-state index in [1.807, 2.05) is 26.0 Å². The van der Waals surface area contributed by atoms with Gasteiger partial charge in [-0.3, -0.25) is 0 Å². The lowest BCUT2D eigenvalue weighted by Crippen LogP contribution is -2.10. The summed E-state index contributed by atoms with van der Waals surface area (Å²) in [5, 5.41) is 0.719. The van der Waals surface area contributed by atoms with Crippen molar-refractivity contribution in [2.45, 2.75) is 13.8 Å². The molecule has 30 heavy (non-hydrogen) atoms. The van der Waals surface area contributed by atoms with Crippen molar-refractivity contribution >= 4 is 16.9 Å². The molecule has 0 aliphatic rings. The molecule has 1 aromatic heterocycles. The Balaban J connectivity index is 1.83. The lowest BCUT2D eigenvalue weighted by Gasteiger charge is -2.12. The van der Waals surface area contributed by atoms with E-state index in [1.54, 1.807) is 49.6 Å². The number of pyridine rings is 1. The first-order valence-electron chi connectivity index (χ1n) is 9.49. The standard InChI is InChI=1S/C25H20FNO3/c1-15-12-16(2)24-21(13-15)22(14-23(27-24)17-4-6-18(26)7-5-17)25(28)30-20-10-8-19(29-3)9-11-20/h4-14H,1-3H3. The molecule has 0 unspecified atom stereocenters. The molecule has 4 rings (SSSR count). The Morgan fingerprint density at radius 1 is 0.900 bits per heavy atom. The van der Waals surface area contributed by atoms with Crippen LogP contribution in [0.3, 0.4) is 0 Å². The van der Waals surface area contributed by atoms with Gasteiger partial charge in [0.15, 0.2) is 0 Å². The summed E-state index contributed by atoms with van der Waals surface area (Å²) in [5.41, 5.74) is 4.39. The van der Waals surface area contributed by atoms with Crippen LogP contribution in [-0.4, -0.2) is 18.1 Å². The maximum atomic E-state index is 13.4. The van der Waals surface area contributed by atoms with Crippen molar-refractivity contribution in [1.29, 1.82) is 0 Å². The van der Waals surface area contributed by atoms with Gasteiger partial charge < -0.3 is 9.47 Å². The van der Waals surface area contributed by atoms with Gasteiger partial charge in [-0.05, 0) is 80.1 Å². The first kappa shape index (κ1) is 19.6. The molecule has 0 atom stereocenters. The summed E-state index contributed by atoms with van der Waals surface area (Å²) in [7, 11) is 1.58. The molecule has 0 saturated carbocycles. The van der Waals surface area contributed by atoms with Gasteiger partial charge in [0, 0.05) is 10.9 Å². The highest BCUT2D eigenvalue weighted by atomic mass is 19.1. The fourth-order valence-corrected chi connectivity index (χ4v) is 3.42. The molecule has 0 amide bonds. The Bertz CT molecular complexity index is 1230. The van der Waals surface area contributed by atoms with Gasteiger partial charge in [-0.2, -0.15) is 0 Å². The van der Waals surface area contributed by atoms with Crippen molar-refractivity contribution in [1.82, 2.24) is 4.98 Å². The molecular formula is C25H20FNO3. The fraction of sp³-hybridized carbons (Fsp3) is 0.120. The topological polar surface area (TPSA) is 48.4 Å². The molecule has 4 aromatic rings. The van der Waals surface area contributed by atoms with Crippen molar-refractivity contribution in [3.05, 3.63) is 89.2 Å². The molecule has 1 heterocycles. The van der Waals surface area contributed by atoms with Gasteiger partial charge in [-0.25, -0.2) is 14.2 Å². The second-order valence-electron chi connectivity index (χ2n) is 7.10. The molecule has 0 N–H and O–H groups in total. The summed E-state index contributed by atoms with van der Waals surface area (Å²) in [4.78, 5) is 17.8. The van der Waals surface area contributed by atoms with Crippen LogP contribution in [0.15, 0.2) is 66.7 Å². The number of rotatable bonds is 4. The minimum Gasteiger partial charge on any atom is -0.497 e. The summed E-state index contributed by atoms with van der Waals surface area (Å²) in [6.45, 7) is 3.92. The quantitative estimate of drug-likeness (QED) is 0.316. The number of hydrogen-bond acceptors (Lipinski definition) is 4. The van der Waals surface area contributed by atoms with Gasteiger partial charge in [0.2, 0.25) is 0 Å². The number of ether oxygens (including phenoxy) is 2. The van der Waals surface area contributed by atoms with Gasteiger partial charge in [0.25, 0.3) is 0 Å². The van der Waals surface area contributed by atoms with Crippen LogP contribution in [0, 0.1) is 19.7 Å². The average molecular weight is 401 g/mol. The van der Waals surface area contributed by atoms with Gasteiger partial charge >= 0.3 is 5.97 Å². The molecule has 150 valence electrons. The van der Waals surface area contributed by atoms with E-state index in [9.17, 15) is 9.18 Å². The molecule has 0 radical (unpaired) electrons. The number of aryl methyl sites for hydroxylation is 2. The van der Waals surface area contributed by atoms with Crippen LogP contribution in [-0.2, 0) is 0 Å². The Kier molecular flexibility index (Phi) is 5.19. The number of aromatic nitrogens is 1. The lowest BCUT2D eigenvalue weighted by atomic mass is 10.00. The SMILES string of the molecule is COc1ccc(OC(=O)c2cc(-c3ccc(F)cc3)nc3c(C)cc(C)cc23)cc1. The molecule has 0 spiro atoms. The van der Waals surface area contributed by atoms with E-state index in [0.29, 0.717) is 28.3 Å². The van der Waals surface area contributed by atoms with Crippen LogP contribution in [0.1, 0.15) is 21.5 Å². The normalized spacial score (nSPS) is 10.8. The predicted molar refractivity (Wildman–Crippen MR) is 115 cm³/mol. The Hall–Kier alpha value is -3.73. The number of nitrogens with zero attached hydrogens (tertiary/aromatic N) is 1. The second kappa shape index (κ2) is 7.95. The molecule has 0 bridgehead atoms. The minimum absolute atomic E-state index is 0.328. The molecule has 5 heteroatoms. The zero-order valence-corrected chi connectivity index (χ0v) is 16.9. The van der Waals surface area contributed by atoms with E-state index in [2.05, 4.69) is 0 Å². The highest BCUT2D eigenvalue weighted by Crippen LogP contribution is 2.29.